The van der Waals surface area contributed by atoms with Gasteiger partial charge in [-0.3, -0.25) is 9.48 Å². The van der Waals surface area contributed by atoms with Crippen LogP contribution >= 0.6 is 0 Å². The first-order chi connectivity index (χ1) is 14.5. The molecule has 158 valence electrons. The molecule has 1 heterocycles. The number of carbonyl (C=O) groups is 1. The summed E-state index contributed by atoms with van der Waals surface area (Å²) in [4.78, 5) is 12.8. The van der Waals surface area contributed by atoms with Gasteiger partial charge in [0.15, 0.2) is 11.5 Å². The second-order valence-electron chi connectivity index (χ2n) is 6.89. The van der Waals surface area contributed by atoms with E-state index in [2.05, 4.69) is 22.5 Å². The summed E-state index contributed by atoms with van der Waals surface area (Å²) in [6.07, 6.45) is 0. The van der Waals surface area contributed by atoms with Crippen LogP contribution in [0.4, 0.5) is 0 Å². The SMILES string of the molecule is COc1cc(C(=O)NCc2c(C)nn(Cc3ccccc3)c2C)cc(OC)c1OC. The Bertz CT molecular complexity index is 1000. The van der Waals surface area contributed by atoms with Crippen LogP contribution in [-0.2, 0) is 13.1 Å². The van der Waals surface area contributed by atoms with Crippen molar-refractivity contribution in [3.05, 3.63) is 70.5 Å². The van der Waals surface area contributed by atoms with Crippen molar-refractivity contribution in [1.82, 2.24) is 15.1 Å². The van der Waals surface area contributed by atoms with Crippen molar-refractivity contribution in [3.8, 4) is 17.2 Å². The molecule has 30 heavy (non-hydrogen) atoms. The van der Waals surface area contributed by atoms with Gasteiger partial charge in [0.05, 0.1) is 33.6 Å². The van der Waals surface area contributed by atoms with Gasteiger partial charge < -0.3 is 19.5 Å². The van der Waals surface area contributed by atoms with E-state index < -0.39 is 0 Å². The van der Waals surface area contributed by atoms with Crippen LogP contribution in [0.3, 0.4) is 0 Å². The first-order valence-electron chi connectivity index (χ1n) is 9.63. The number of aromatic nitrogens is 2. The average Bonchev–Trinajstić information content (AvgIpc) is 3.03. The van der Waals surface area contributed by atoms with Gasteiger partial charge in [-0.25, -0.2) is 0 Å². The van der Waals surface area contributed by atoms with E-state index in [4.69, 9.17) is 14.2 Å². The Morgan fingerprint density at radius 1 is 1.00 bits per heavy atom. The minimum atomic E-state index is -0.233. The summed E-state index contributed by atoms with van der Waals surface area (Å²) < 4.78 is 17.9. The van der Waals surface area contributed by atoms with Gasteiger partial charge in [0, 0.05) is 23.4 Å². The molecule has 0 aliphatic carbocycles. The third-order valence-corrected chi connectivity index (χ3v) is 5.06. The number of benzene rings is 2. The number of nitrogens with zero attached hydrogens (tertiary/aromatic N) is 2. The van der Waals surface area contributed by atoms with Crippen LogP contribution in [0.25, 0.3) is 0 Å². The van der Waals surface area contributed by atoms with Gasteiger partial charge in [0.25, 0.3) is 5.91 Å². The summed E-state index contributed by atoms with van der Waals surface area (Å²) in [5.41, 5.74) is 4.54. The van der Waals surface area contributed by atoms with E-state index in [0.717, 1.165) is 17.0 Å². The Morgan fingerprint density at radius 2 is 1.63 bits per heavy atom. The molecule has 0 atom stereocenters. The zero-order chi connectivity index (χ0) is 21.7. The Labute approximate surface area is 176 Å². The lowest BCUT2D eigenvalue weighted by molar-refractivity contribution is 0.0950. The molecule has 0 aliphatic rings. The van der Waals surface area contributed by atoms with E-state index in [1.165, 1.54) is 26.9 Å². The van der Waals surface area contributed by atoms with Gasteiger partial charge >= 0.3 is 0 Å². The van der Waals surface area contributed by atoms with E-state index in [0.29, 0.717) is 35.9 Å². The molecule has 1 aromatic heterocycles. The van der Waals surface area contributed by atoms with Crippen molar-refractivity contribution >= 4 is 5.91 Å². The second kappa shape index (κ2) is 9.35. The van der Waals surface area contributed by atoms with Crippen LogP contribution in [-0.4, -0.2) is 37.0 Å². The lowest BCUT2D eigenvalue weighted by atomic mass is 10.1. The van der Waals surface area contributed by atoms with E-state index >= 15 is 0 Å². The molecule has 0 radical (unpaired) electrons. The average molecular weight is 409 g/mol. The van der Waals surface area contributed by atoms with Gasteiger partial charge in [-0.2, -0.15) is 5.10 Å². The highest BCUT2D eigenvalue weighted by Crippen LogP contribution is 2.38. The fourth-order valence-corrected chi connectivity index (χ4v) is 3.38. The smallest absolute Gasteiger partial charge is 0.251 e. The monoisotopic (exact) mass is 409 g/mol. The van der Waals surface area contributed by atoms with Crippen molar-refractivity contribution in [1.29, 1.82) is 0 Å². The first kappa shape index (κ1) is 21.2. The summed E-state index contributed by atoms with van der Waals surface area (Å²) in [6, 6.07) is 13.4. The number of methoxy groups -OCH3 is 3. The zero-order valence-electron chi connectivity index (χ0n) is 18.0. The lowest BCUT2D eigenvalue weighted by Gasteiger charge is -2.14. The van der Waals surface area contributed by atoms with Crippen LogP contribution in [0.15, 0.2) is 42.5 Å². The number of amides is 1. The number of hydrogen-bond donors (Lipinski definition) is 1. The minimum Gasteiger partial charge on any atom is -0.493 e. The maximum Gasteiger partial charge on any atom is 0.251 e. The van der Waals surface area contributed by atoms with Crippen molar-refractivity contribution in [2.75, 3.05) is 21.3 Å². The number of aryl methyl sites for hydroxylation is 1. The number of rotatable bonds is 8. The van der Waals surface area contributed by atoms with Crippen molar-refractivity contribution in [2.45, 2.75) is 26.9 Å². The zero-order valence-corrected chi connectivity index (χ0v) is 18.0. The molecule has 1 N–H and O–H groups in total. The van der Waals surface area contributed by atoms with Crippen molar-refractivity contribution in [3.63, 3.8) is 0 Å². The standard InChI is InChI=1S/C23H27N3O4/c1-15-19(16(2)26(25-15)14-17-9-7-6-8-10-17)13-24-23(27)18-11-20(28-3)22(30-5)21(12-18)29-4/h6-12H,13-14H2,1-5H3,(H,24,27). The lowest BCUT2D eigenvalue weighted by Crippen LogP contribution is -2.23. The summed E-state index contributed by atoms with van der Waals surface area (Å²) in [5, 5.41) is 7.61. The second-order valence-corrected chi connectivity index (χ2v) is 6.89. The predicted molar refractivity (Wildman–Crippen MR) is 115 cm³/mol. The topological polar surface area (TPSA) is 74.6 Å². The predicted octanol–water partition coefficient (Wildman–Crippen LogP) is 3.50. The Morgan fingerprint density at radius 3 is 2.20 bits per heavy atom. The van der Waals surface area contributed by atoms with Crippen LogP contribution in [0.2, 0.25) is 0 Å². The molecule has 3 rings (SSSR count). The van der Waals surface area contributed by atoms with E-state index in [9.17, 15) is 4.79 Å². The maximum atomic E-state index is 12.8. The van der Waals surface area contributed by atoms with E-state index in [-0.39, 0.29) is 5.91 Å². The number of hydrogen-bond acceptors (Lipinski definition) is 5. The highest BCUT2D eigenvalue weighted by molar-refractivity contribution is 5.95. The van der Waals surface area contributed by atoms with Crippen LogP contribution in [0.1, 0.15) is 32.9 Å². The summed E-state index contributed by atoms with van der Waals surface area (Å²) in [5.74, 6) is 1.09. The molecule has 0 bridgehead atoms. The van der Waals surface area contributed by atoms with E-state index in [1.807, 2.05) is 36.7 Å². The molecule has 1 amide bonds. The molecule has 0 saturated heterocycles. The van der Waals surface area contributed by atoms with Crippen molar-refractivity contribution < 1.29 is 19.0 Å². The van der Waals surface area contributed by atoms with Gasteiger partial charge in [0.1, 0.15) is 0 Å². The Hall–Kier alpha value is -3.48. The van der Waals surface area contributed by atoms with Crippen LogP contribution in [0.5, 0.6) is 17.2 Å². The van der Waals surface area contributed by atoms with Crippen molar-refractivity contribution in [2.24, 2.45) is 0 Å². The molecular formula is C23H27N3O4. The summed E-state index contributed by atoms with van der Waals surface area (Å²) in [7, 11) is 4.57. The van der Waals surface area contributed by atoms with Gasteiger partial charge in [-0.05, 0) is 31.5 Å². The fraction of sp³-hybridized carbons (Fsp3) is 0.304. The quantitative estimate of drug-likeness (QED) is 0.616. The highest BCUT2D eigenvalue weighted by Gasteiger charge is 2.18. The van der Waals surface area contributed by atoms with Gasteiger partial charge in [-0.1, -0.05) is 30.3 Å². The maximum absolute atomic E-state index is 12.8. The molecule has 3 aromatic rings. The molecule has 0 fully saturated rings. The minimum absolute atomic E-state index is 0.233. The largest absolute Gasteiger partial charge is 0.493 e. The molecule has 0 spiro atoms. The fourth-order valence-electron chi connectivity index (χ4n) is 3.38. The third kappa shape index (κ3) is 4.40. The summed E-state index contributed by atoms with van der Waals surface area (Å²) in [6.45, 7) is 5.04. The normalized spacial score (nSPS) is 10.6. The number of carbonyl (C=O) groups excluding carboxylic acids is 1. The molecule has 7 heteroatoms. The number of nitrogens with one attached hydrogen (secondary N) is 1. The third-order valence-electron chi connectivity index (χ3n) is 5.06. The molecule has 0 unspecified atom stereocenters. The van der Waals surface area contributed by atoms with Gasteiger partial charge in [-0.15, -0.1) is 0 Å². The molecule has 0 aliphatic heterocycles. The van der Waals surface area contributed by atoms with Crippen LogP contribution in [0, 0.1) is 13.8 Å². The Kier molecular flexibility index (Phi) is 6.61. The van der Waals surface area contributed by atoms with Crippen LogP contribution < -0.4 is 19.5 Å². The molecular weight excluding hydrogens is 382 g/mol. The molecule has 2 aromatic carbocycles. The Balaban J connectivity index is 1.76. The number of ether oxygens (including phenoxy) is 3. The van der Waals surface area contributed by atoms with Gasteiger partial charge in [0.2, 0.25) is 5.75 Å². The highest BCUT2D eigenvalue weighted by atomic mass is 16.5. The molecule has 7 nitrogen and oxygen atoms in total. The van der Waals surface area contributed by atoms with E-state index in [1.54, 1.807) is 12.1 Å². The molecule has 0 saturated carbocycles. The summed E-state index contributed by atoms with van der Waals surface area (Å²) >= 11 is 0. The first-order valence-corrected chi connectivity index (χ1v) is 9.63.